The number of fused-ring (bicyclic) bond motifs is 1. The van der Waals surface area contributed by atoms with E-state index in [0.717, 1.165) is 0 Å². The van der Waals surface area contributed by atoms with E-state index in [9.17, 15) is 31.1 Å². The number of imidazole rings is 1. The van der Waals surface area contributed by atoms with Gasteiger partial charge < -0.3 is 23.9 Å². The van der Waals surface area contributed by atoms with Crippen molar-refractivity contribution >= 4 is 28.9 Å². The van der Waals surface area contributed by atoms with E-state index in [1.54, 1.807) is 28.5 Å². The fourth-order valence-electron chi connectivity index (χ4n) is 4.42. The maximum Gasteiger partial charge on any atom is 0.416 e. The predicted molar refractivity (Wildman–Crippen MR) is 139 cm³/mol. The minimum Gasteiger partial charge on any atom is -0.378 e. The molecule has 0 aliphatic carbocycles. The molecule has 0 amide bonds. The molecule has 18 heteroatoms. The molecular weight excluding hydrogens is 588 g/mol. The Morgan fingerprint density at radius 1 is 1.00 bits per heavy atom. The van der Waals surface area contributed by atoms with Crippen LogP contribution < -0.4 is 15.7 Å². The van der Waals surface area contributed by atoms with Crippen LogP contribution in [0.15, 0.2) is 30.6 Å². The summed E-state index contributed by atoms with van der Waals surface area (Å²) in [6, 6.07) is 1.23. The number of nitrogens with zero attached hydrogens (tertiary/aromatic N) is 8. The van der Waals surface area contributed by atoms with E-state index in [4.69, 9.17) is 10.6 Å². The smallest absolute Gasteiger partial charge is 0.378 e. The molecule has 4 aromatic rings. The first-order chi connectivity index (χ1) is 20.3. The number of morpholine rings is 1. The standard InChI is InChI=1S/C25H23F6N9O3/c1-38(23-33-10-14(11-34-23)22(41)43-32)12-17-35-18-20(39(17)2)36-19(37-21(18)40-3-5-42-6-4-40)13-7-15(24(26,27)28)9-16(8-13)25(29,30)31/h7-11H,3-6,12,32H2,1-2H3. The van der Waals surface area contributed by atoms with Crippen molar-refractivity contribution < 1.29 is 40.7 Å². The average Bonchev–Trinajstić information content (AvgIpc) is 3.30. The lowest BCUT2D eigenvalue weighted by Gasteiger charge is -2.28. The summed E-state index contributed by atoms with van der Waals surface area (Å²) in [5.74, 6) is 4.58. The number of carbonyl (C=O) groups excluding carboxylic acids is 1. The van der Waals surface area contributed by atoms with Gasteiger partial charge in [-0.25, -0.2) is 29.7 Å². The van der Waals surface area contributed by atoms with Gasteiger partial charge in [-0.2, -0.15) is 32.2 Å². The van der Waals surface area contributed by atoms with Gasteiger partial charge in [0, 0.05) is 45.1 Å². The normalized spacial score (nSPS) is 14.3. The molecule has 1 aliphatic heterocycles. The summed E-state index contributed by atoms with van der Waals surface area (Å²) in [5, 5.41) is 0. The number of hydrogen-bond acceptors (Lipinski definition) is 11. The summed E-state index contributed by atoms with van der Waals surface area (Å²) in [4.78, 5) is 40.8. The van der Waals surface area contributed by atoms with Crippen LogP contribution in [0.1, 0.15) is 27.3 Å². The Bertz CT molecular complexity index is 1620. The van der Waals surface area contributed by atoms with E-state index < -0.39 is 35.0 Å². The third-order valence-electron chi connectivity index (χ3n) is 6.65. The minimum atomic E-state index is -5.04. The average molecular weight is 612 g/mol. The first-order valence-electron chi connectivity index (χ1n) is 12.6. The Kier molecular flexibility index (Phi) is 7.82. The molecular formula is C25H23F6N9O3. The zero-order valence-electron chi connectivity index (χ0n) is 22.6. The van der Waals surface area contributed by atoms with Crippen LogP contribution in [0.4, 0.5) is 38.1 Å². The van der Waals surface area contributed by atoms with Gasteiger partial charge in [0.05, 0.1) is 36.4 Å². The van der Waals surface area contributed by atoms with Crippen molar-refractivity contribution in [2.24, 2.45) is 12.9 Å². The van der Waals surface area contributed by atoms with Gasteiger partial charge in [-0.3, -0.25) is 0 Å². The van der Waals surface area contributed by atoms with Crippen molar-refractivity contribution in [2.75, 3.05) is 43.2 Å². The quantitative estimate of drug-likeness (QED) is 0.254. The molecule has 12 nitrogen and oxygen atoms in total. The van der Waals surface area contributed by atoms with Crippen molar-refractivity contribution in [3.8, 4) is 11.4 Å². The molecule has 43 heavy (non-hydrogen) atoms. The van der Waals surface area contributed by atoms with Crippen LogP contribution in [0.3, 0.4) is 0 Å². The van der Waals surface area contributed by atoms with Gasteiger partial charge in [0.2, 0.25) is 5.95 Å². The van der Waals surface area contributed by atoms with Gasteiger partial charge in [-0.05, 0) is 18.2 Å². The number of aryl methyl sites for hydroxylation is 1. The number of hydrogen-bond donors (Lipinski definition) is 1. The highest BCUT2D eigenvalue weighted by molar-refractivity contribution is 5.88. The number of ether oxygens (including phenoxy) is 1. The molecule has 0 bridgehead atoms. The summed E-state index contributed by atoms with van der Waals surface area (Å²) in [6.07, 6.45) is -7.63. The minimum absolute atomic E-state index is 0.0311. The molecule has 1 fully saturated rings. The third-order valence-corrected chi connectivity index (χ3v) is 6.65. The number of nitrogens with two attached hydrogens (primary N) is 1. The molecule has 1 aromatic carbocycles. The van der Waals surface area contributed by atoms with Gasteiger partial charge in [0.25, 0.3) is 0 Å². The first-order valence-corrected chi connectivity index (χ1v) is 12.6. The van der Waals surface area contributed by atoms with Gasteiger partial charge in [-0.15, -0.1) is 0 Å². The van der Waals surface area contributed by atoms with E-state index in [-0.39, 0.29) is 41.4 Å². The molecule has 4 heterocycles. The maximum atomic E-state index is 13.6. The SMILES string of the molecule is CN(Cc1nc2c(N3CCOCC3)nc(-c3cc(C(F)(F)F)cc(C(F)(F)F)c3)nc2n1C)c1ncc(C(=O)ON)cn1. The van der Waals surface area contributed by atoms with Crippen LogP contribution >= 0.6 is 0 Å². The predicted octanol–water partition coefficient (Wildman–Crippen LogP) is 3.36. The summed E-state index contributed by atoms with van der Waals surface area (Å²) in [5.41, 5.74) is -2.91. The lowest BCUT2D eigenvalue weighted by molar-refractivity contribution is -0.143. The molecule has 228 valence electrons. The Morgan fingerprint density at radius 3 is 2.16 bits per heavy atom. The zero-order chi connectivity index (χ0) is 31.1. The van der Waals surface area contributed by atoms with Crippen molar-refractivity contribution in [1.29, 1.82) is 0 Å². The summed E-state index contributed by atoms with van der Waals surface area (Å²) in [6.45, 7) is 1.48. The molecule has 2 N–H and O–H groups in total. The second kappa shape index (κ2) is 11.3. The molecule has 3 aromatic heterocycles. The van der Waals surface area contributed by atoms with Crippen LogP contribution in [0, 0.1) is 0 Å². The van der Waals surface area contributed by atoms with Gasteiger partial charge in [-0.1, -0.05) is 0 Å². The monoisotopic (exact) mass is 611 g/mol. The number of benzene rings is 1. The molecule has 1 aliphatic rings. The van der Waals surface area contributed by atoms with Gasteiger partial charge in [0.15, 0.2) is 22.8 Å². The molecule has 5 rings (SSSR count). The Balaban J connectivity index is 1.61. The largest absolute Gasteiger partial charge is 0.416 e. The second-order valence-electron chi connectivity index (χ2n) is 9.56. The topological polar surface area (TPSA) is 137 Å². The van der Waals surface area contributed by atoms with E-state index >= 15 is 0 Å². The van der Waals surface area contributed by atoms with Crippen LogP contribution in [0.5, 0.6) is 0 Å². The van der Waals surface area contributed by atoms with Gasteiger partial charge in [0.1, 0.15) is 5.82 Å². The number of halogens is 6. The maximum absolute atomic E-state index is 13.6. The lowest BCUT2D eigenvalue weighted by atomic mass is 10.0. The summed E-state index contributed by atoms with van der Waals surface area (Å²) in [7, 11) is 3.25. The highest BCUT2D eigenvalue weighted by Gasteiger charge is 2.37. The van der Waals surface area contributed by atoms with Crippen LogP contribution in [0.2, 0.25) is 0 Å². The highest BCUT2D eigenvalue weighted by atomic mass is 19.4. The molecule has 0 spiro atoms. The molecule has 0 saturated carbocycles. The van der Waals surface area contributed by atoms with Crippen LogP contribution in [0.25, 0.3) is 22.6 Å². The summed E-state index contributed by atoms with van der Waals surface area (Å²) >= 11 is 0. The second-order valence-corrected chi connectivity index (χ2v) is 9.56. The van der Waals surface area contributed by atoms with Crippen LogP contribution in [-0.2, 0) is 35.5 Å². The third kappa shape index (κ3) is 6.14. The lowest BCUT2D eigenvalue weighted by Crippen LogP contribution is -2.37. The highest BCUT2D eigenvalue weighted by Crippen LogP contribution is 2.39. The van der Waals surface area contributed by atoms with Crippen molar-refractivity contribution in [2.45, 2.75) is 18.9 Å². The molecule has 0 unspecified atom stereocenters. The van der Waals surface area contributed by atoms with E-state index in [0.29, 0.717) is 49.8 Å². The van der Waals surface area contributed by atoms with Crippen molar-refractivity contribution in [3.63, 3.8) is 0 Å². The zero-order valence-corrected chi connectivity index (χ0v) is 22.6. The molecule has 1 saturated heterocycles. The fraction of sp³-hybridized carbons (Fsp3) is 0.360. The van der Waals surface area contributed by atoms with E-state index in [1.807, 2.05) is 0 Å². The Labute approximate surface area is 239 Å². The van der Waals surface area contributed by atoms with Gasteiger partial charge >= 0.3 is 18.3 Å². The molecule has 0 radical (unpaired) electrons. The molecule has 0 atom stereocenters. The van der Waals surface area contributed by atoms with Crippen molar-refractivity contribution in [3.05, 3.63) is 53.1 Å². The van der Waals surface area contributed by atoms with Crippen LogP contribution in [-0.4, -0.2) is 68.8 Å². The van der Waals surface area contributed by atoms with E-state index in [2.05, 4.69) is 29.8 Å². The number of aromatic nitrogens is 6. The fourth-order valence-corrected chi connectivity index (χ4v) is 4.42. The van der Waals surface area contributed by atoms with Crippen molar-refractivity contribution in [1.82, 2.24) is 29.5 Å². The first kappa shape index (κ1) is 29.9. The van der Waals surface area contributed by atoms with E-state index in [1.165, 1.54) is 12.4 Å². The Morgan fingerprint density at radius 2 is 1.60 bits per heavy atom. The number of alkyl halides is 6. The number of carbonyl (C=O) groups is 1. The Hall–Kier alpha value is -4.58. The number of rotatable bonds is 6. The summed E-state index contributed by atoms with van der Waals surface area (Å²) < 4.78 is 88.5. The number of anilines is 2.